The Labute approximate surface area is 165 Å². The highest BCUT2D eigenvalue weighted by molar-refractivity contribution is 6.36. The van der Waals surface area contributed by atoms with Crippen LogP contribution in [0.5, 0.6) is 11.5 Å². The molecule has 27 heavy (non-hydrogen) atoms. The zero-order chi connectivity index (χ0) is 20.0. The van der Waals surface area contributed by atoms with Crippen LogP contribution in [-0.4, -0.2) is 19.0 Å². The molecule has 0 radical (unpaired) electrons. The van der Waals surface area contributed by atoms with Crippen LogP contribution in [0.2, 0.25) is 10.0 Å². The third-order valence-corrected chi connectivity index (χ3v) is 3.86. The van der Waals surface area contributed by atoms with E-state index in [0.717, 1.165) is 0 Å². The van der Waals surface area contributed by atoms with E-state index >= 15 is 0 Å². The van der Waals surface area contributed by atoms with Crippen molar-refractivity contribution >= 4 is 46.8 Å². The van der Waals surface area contributed by atoms with Crippen LogP contribution >= 0.6 is 23.2 Å². The number of nitrogens with one attached hydrogen (secondary N) is 1. The Morgan fingerprint density at radius 1 is 1.15 bits per heavy atom. The molecule has 6 nitrogen and oxygen atoms in total. The molecule has 1 amide bonds. The molecule has 0 saturated carbocycles. The molecule has 0 heterocycles. The lowest BCUT2D eigenvalue weighted by atomic mass is 10.1. The predicted molar refractivity (Wildman–Crippen MR) is 103 cm³/mol. The van der Waals surface area contributed by atoms with Crippen molar-refractivity contribution < 1.29 is 19.1 Å². The minimum Gasteiger partial charge on any atom is -0.493 e. The van der Waals surface area contributed by atoms with Gasteiger partial charge in [0.15, 0.2) is 11.5 Å². The number of benzene rings is 2. The van der Waals surface area contributed by atoms with Gasteiger partial charge in [0.2, 0.25) is 0 Å². The van der Waals surface area contributed by atoms with Crippen molar-refractivity contribution in [2.75, 3.05) is 12.4 Å². The highest BCUT2D eigenvalue weighted by Crippen LogP contribution is 2.29. The first kappa shape index (κ1) is 20.3. The van der Waals surface area contributed by atoms with Crippen LogP contribution in [0.1, 0.15) is 12.5 Å². The SMILES string of the molecule is COc1cc(/C=C(\C#N)C(=O)Nc2cc(Cl)ccc2Cl)ccc1OC(C)=O. The van der Waals surface area contributed by atoms with Gasteiger partial charge in [0.25, 0.3) is 5.91 Å². The largest absolute Gasteiger partial charge is 0.493 e. The molecule has 0 bridgehead atoms. The van der Waals surface area contributed by atoms with Gasteiger partial charge in [-0.25, -0.2) is 0 Å². The van der Waals surface area contributed by atoms with E-state index in [1.807, 2.05) is 6.07 Å². The summed E-state index contributed by atoms with van der Waals surface area (Å²) in [5, 5.41) is 12.5. The fourth-order valence-electron chi connectivity index (χ4n) is 2.11. The average molecular weight is 405 g/mol. The zero-order valence-corrected chi connectivity index (χ0v) is 15.9. The second-order valence-corrected chi connectivity index (χ2v) is 6.10. The number of carbonyl (C=O) groups excluding carboxylic acids is 2. The molecule has 1 N–H and O–H groups in total. The Bertz CT molecular complexity index is 965. The standard InChI is InChI=1S/C19H14Cl2N2O4/c1-11(24)27-17-6-3-12(8-18(17)26-2)7-13(10-22)19(25)23-16-9-14(20)4-5-15(16)21/h3-9H,1-2H3,(H,23,25)/b13-7+. The number of ether oxygens (including phenoxy) is 2. The fraction of sp³-hybridized carbons (Fsp3) is 0.105. The number of nitrogens with zero attached hydrogens (tertiary/aromatic N) is 1. The van der Waals surface area contributed by atoms with Crippen LogP contribution in [0.4, 0.5) is 5.69 Å². The smallest absolute Gasteiger partial charge is 0.308 e. The van der Waals surface area contributed by atoms with Gasteiger partial charge in [0.1, 0.15) is 11.6 Å². The highest BCUT2D eigenvalue weighted by atomic mass is 35.5. The summed E-state index contributed by atoms with van der Waals surface area (Å²) < 4.78 is 10.2. The Hall–Kier alpha value is -3.01. The van der Waals surface area contributed by atoms with E-state index < -0.39 is 11.9 Å². The van der Waals surface area contributed by atoms with Crippen LogP contribution in [0, 0.1) is 11.3 Å². The van der Waals surface area contributed by atoms with E-state index in [2.05, 4.69) is 5.32 Å². The summed E-state index contributed by atoms with van der Waals surface area (Å²) in [5.41, 5.74) is 0.637. The summed E-state index contributed by atoms with van der Waals surface area (Å²) in [5.74, 6) is -0.623. The van der Waals surface area contributed by atoms with E-state index in [9.17, 15) is 14.9 Å². The van der Waals surface area contributed by atoms with Crippen LogP contribution in [0.25, 0.3) is 6.08 Å². The molecule has 0 spiro atoms. The minimum atomic E-state index is -0.648. The Kier molecular flexibility index (Phi) is 6.83. The third kappa shape index (κ3) is 5.48. The first-order chi connectivity index (χ1) is 12.8. The number of hydrogen-bond acceptors (Lipinski definition) is 5. The van der Waals surface area contributed by atoms with E-state index in [4.69, 9.17) is 32.7 Å². The van der Waals surface area contributed by atoms with Crippen molar-refractivity contribution in [1.29, 1.82) is 5.26 Å². The molecular weight excluding hydrogens is 391 g/mol. The predicted octanol–water partition coefficient (Wildman–Crippen LogP) is 4.47. The molecule has 0 saturated heterocycles. The third-order valence-electron chi connectivity index (χ3n) is 3.29. The van der Waals surface area contributed by atoms with Crippen LogP contribution in [0.3, 0.4) is 0 Å². The number of anilines is 1. The van der Waals surface area contributed by atoms with Crippen molar-refractivity contribution in [3.8, 4) is 17.6 Å². The molecule has 0 aliphatic carbocycles. The van der Waals surface area contributed by atoms with Crippen LogP contribution < -0.4 is 14.8 Å². The summed E-state index contributed by atoms with van der Waals surface area (Å²) in [4.78, 5) is 23.5. The number of hydrogen-bond donors (Lipinski definition) is 1. The van der Waals surface area contributed by atoms with Gasteiger partial charge in [0, 0.05) is 11.9 Å². The molecule has 138 valence electrons. The molecule has 2 aromatic rings. The van der Waals surface area contributed by atoms with Gasteiger partial charge >= 0.3 is 5.97 Å². The molecular formula is C19H14Cl2N2O4. The Morgan fingerprint density at radius 2 is 1.89 bits per heavy atom. The number of carbonyl (C=O) groups is 2. The number of amides is 1. The summed E-state index contributed by atoms with van der Waals surface area (Å²) in [7, 11) is 1.41. The number of halogens is 2. The molecule has 0 atom stereocenters. The molecule has 2 rings (SSSR count). The normalized spacial score (nSPS) is 10.7. The fourth-order valence-corrected chi connectivity index (χ4v) is 2.45. The van der Waals surface area contributed by atoms with E-state index in [1.165, 1.54) is 44.4 Å². The van der Waals surface area contributed by atoms with Crippen molar-refractivity contribution in [3.63, 3.8) is 0 Å². The molecule has 0 unspecified atom stereocenters. The molecule has 2 aromatic carbocycles. The Morgan fingerprint density at radius 3 is 2.52 bits per heavy atom. The first-order valence-electron chi connectivity index (χ1n) is 7.58. The van der Waals surface area contributed by atoms with Crippen molar-refractivity contribution in [3.05, 3.63) is 57.6 Å². The molecule has 0 fully saturated rings. The van der Waals surface area contributed by atoms with Gasteiger partial charge in [-0.05, 0) is 42.0 Å². The summed E-state index contributed by atoms with van der Waals surface area (Å²) in [6.45, 7) is 1.27. The van der Waals surface area contributed by atoms with Gasteiger partial charge in [-0.15, -0.1) is 0 Å². The maximum atomic E-state index is 12.4. The molecule has 8 heteroatoms. The second-order valence-electron chi connectivity index (χ2n) is 5.25. The van der Waals surface area contributed by atoms with E-state index in [-0.39, 0.29) is 27.8 Å². The van der Waals surface area contributed by atoms with Crippen molar-refractivity contribution in [1.82, 2.24) is 0 Å². The first-order valence-corrected chi connectivity index (χ1v) is 8.34. The lowest BCUT2D eigenvalue weighted by molar-refractivity contribution is -0.132. The monoisotopic (exact) mass is 404 g/mol. The number of methoxy groups -OCH3 is 1. The minimum absolute atomic E-state index is 0.159. The Balaban J connectivity index is 2.29. The highest BCUT2D eigenvalue weighted by Gasteiger charge is 2.13. The van der Waals surface area contributed by atoms with E-state index in [0.29, 0.717) is 10.6 Å². The van der Waals surface area contributed by atoms with Gasteiger partial charge in [-0.1, -0.05) is 29.3 Å². The summed E-state index contributed by atoms with van der Waals surface area (Å²) in [6, 6.07) is 11.1. The maximum absolute atomic E-state index is 12.4. The van der Waals surface area contributed by atoms with Crippen molar-refractivity contribution in [2.45, 2.75) is 6.92 Å². The second kappa shape index (κ2) is 9.08. The quantitative estimate of drug-likeness (QED) is 0.343. The lowest BCUT2D eigenvalue weighted by Gasteiger charge is -2.09. The lowest BCUT2D eigenvalue weighted by Crippen LogP contribution is -2.13. The van der Waals surface area contributed by atoms with E-state index in [1.54, 1.807) is 12.1 Å². The van der Waals surface area contributed by atoms with Gasteiger partial charge < -0.3 is 14.8 Å². The number of nitriles is 1. The molecule has 0 aliphatic heterocycles. The number of esters is 1. The van der Waals surface area contributed by atoms with Crippen LogP contribution in [0.15, 0.2) is 42.0 Å². The van der Waals surface area contributed by atoms with Crippen molar-refractivity contribution in [2.24, 2.45) is 0 Å². The summed E-state index contributed by atoms with van der Waals surface area (Å²) >= 11 is 11.9. The topological polar surface area (TPSA) is 88.4 Å². The zero-order valence-electron chi connectivity index (χ0n) is 14.4. The summed E-state index contributed by atoms with van der Waals surface area (Å²) in [6.07, 6.45) is 1.37. The van der Waals surface area contributed by atoms with Gasteiger partial charge in [-0.2, -0.15) is 5.26 Å². The van der Waals surface area contributed by atoms with Crippen LogP contribution in [-0.2, 0) is 9.59 Å². The maximum Gasteiger partial charge on any atom is 0.308 e. The average Bonchev–Trinajstić information content (AvgIpc) is 2.63. The molecule has 0 aromatic heterocycles. The number of rotatable bonds is 5. The molecule has 0 aliphatic rings. The van der Waals surface area contributed by atoms with Gasteiger partial charge in [-0.3, -0.25) is 9.59 Å². The van der Waals surface area contributed by atoms with Gasteiger partial charge in [0.05, 0.1) is 17.8 Å².